The van der Waals surface area contributed by atoms with Gasteiger partial charge in [-0.25, -0.2) is 4.39 Å². The quantitative estimate of drug-likeness (QED) is 0.783. The van der Waals surface area contributed by atoms with E-state index in [9.17, 15) is 9.18 Å². The van der Waals surface area contributed by atoms with Gasteiger partial charge in [0.25, 0.3) is 0 Å². The summed E-state index contributed by atoms with van der Waals surface area (Å²) in [5, 5.41) is 0. The minimum absolute atomic E-state index is 0.0167. The topological polar surface area (TPSA) is 23.6 Å². The Morgan fingerprint density at radius 3 is 2.32 bits per heavy atom. The molecule has 3 rings (SSSR count). The molecular weight excluding hydrogens is 243 g/mol. The van der Waals surface area contributed by atoms with E-state index in [0.717, 1.165) is 17.1 Å². The van der Waals surface area contributed by atoms with Gasteiger partial charge in [0.05, 0.1) is 11.4 Å². The molecule has 1 heterocycles. The first-order chi connectivity index (χ1) is 9.16. The van der Waals surface area contributed by atoms with Crippen LogP contribution in [0, 0.1) is 5.82 Å². The highest BCUT2D eigenvalue weighted by atomic mass is 19.1. The molecule has 19 heavy (non-hydrogen) atoms. The molecule has 96 valence electrons. The van der Waals surface area contributed by atoms with Gasteiger partial charge >= 0.3 is 0 Å². The molecule has 1 aliphatic rings. The lowest BCUT2D eigenvalue weighted by Crippen LogP contribution is -2.41. The second-order valence-electron chi connectivity index (χ2n) is 4.50. The number of nitrogens with zero attached hydrogens (tertiary/aromatic N) is 2. The predicted octanol–water partition coefficient (Wildman–Crippen LogP) is 2.94. The van der Waals surface area contributed by atoms with Crippen molar-refractivity contribution in [2.24, 2.45) is 0 Å². The van der Waals surface area contributed by atoms with Crippen LogP contribution in [0.1, 0.15) is 0 Å². The third-order valence-corrected chi connectivity index (χ3v) is 3.34. The highest BCUT2D eigenvalue weighted by Crippen LogP contribution is 2.37. The number of rotatable bonds is 1. The van der Waals surface area contributed by atoms with E-state index in [2.05, 4.69) is 0 Å². The molecule has 2 aromatic rings. The Kier molecular flexibility index (Phi) is 2.71. The second-order valence-corrected chi connectivity index (χ2v) is 4.50. The molecular formula is C15H13FN2O. The van der Waals surface area contributed by atoms with Gasteiger partial charge in [0.2, 0.25) is 5.91 Å². The number of benzene rings is 2. The van der Waals surface area contributed by atoms with Crippen LogP contribution >= 0.6 is 0 Å². The summed E-state index contributed by atoms with van der Waals surface area (Å²) in [6.07, 6.45) is 0. The maximum absolute atomic E-state index is 13.0. The zero-order valence-electron chi connectivity index (χ0n) is 10.5. The van der Waals surface area contributed by atoms with Crippen LogP contribution in [0.3, 0.4) is 0 Å². The minimum atomic E-state index is -0.280. The number of fused-ring (bicyclic) bond motifs is 1. The van der Waals surface area contributed by atoms with Crippen molar-refractivity contribution in [1.82, 2.24) is 0 Å². The lowest BCUT2D eigenvalue weighted by atomic mass is 10.1. The van der Waals surface area contributed by atoms with Crippen molar-refractivity contribution in [3.63, 3.8) is 0 Å². The Hall–Kier alpha value is -2.36. The molecule has 0 spiro atoms. The molecule has 0 saturated carbocycles. The third kappa shape index (κ3) is 1.95. The van der Waals surface area contributed by atoms with Crippen molar-refractivity contribution < 1.29 is 9.18 Å². The molecule has 0 N–H and O–H groups in total. The minimum Gasteiger partial charge on any atom is -0.330 e. The van der Waals surface area contributed by atoms with E-state index < -0.39 is 0 Å². The summed E-state index contributed by atoms with van der Waals surface area (Å²) in [7, 11) is 1.77. The first-order valence-corrected chi connectivity index (χ1v) is 6.05. The maximum atomic E-state index is 13.0. The number of amides is 1. The maximum Gasteiger partial charge on any atom is 0.246 e. The van der Waals surface area contributed by atoms with Crippen LogP contribution in [-0.4, -0.2) is 19.5 Å². The van der Waals surface area contributed by atoms with Crippen molar-refractivity contribution in [3.8, 4) is 0 Å². The Balaban J connectivity index is 2.10. The average Bonchev–Trinajstić information content (AvgIpc) is 2.44. The van der Waals surface area contributed by atoms with Gasteiger partial charge < -0.3 is 9.80 Å². The fourth-order valence-corrected chi connectivity index (χ4v) is 2.29. The Morgan fingerprint density at radius 2 is 1.63 bits per heavy atom. The van der Waals surface area contributed by atoms with Crippen LogP contribution in [0.15, 0.2) is 48.5 Å². The standard InChI is InChI=1S/C15H13FN2O/c1-17-13-4-2-3-5-14(13)18(10-15(17)19)12-8-6-11(16)7-9-12/h2-9H,10H2,1H3. The number of halogens is 1. The highest BCUT2D eigenvalue weighted by molar-refractivity contribution is 6.04. The number of hydrogen-bond donors (Lipinski definition) is 0. The number of carbonyl (C=O) groups excluding carboxylic acids is 1. The fraction of sp³-hybridized carbons (Fsp3) is 0.133. The van der Waals surface area contributed by atoms with Crippen LogP contribution in [0.25, 0.3) is 0 Å². The molecule has 0 aromatic heterocycles. The summed E-state index contributed by atoms with van der Waals surface area (Å²) in [6, 6.07) is 13.9. The summed E-state index contributed by atoms with van der Waals surface area (Å²) in [6.45, 7) is 0.263. The van der Waals surface area contributed by atoms with Crippen molar-refractivity contribution in [2.75, 3.05) is 23.4 Å². The monoisotopic (exact) mass is 256 g/mol. The summed E-state index contributed by atoms with van der Waals surface area (Å²) in [5.74, 6) is -0.263. The molecule has 1 aliphatic heterocycles. The first-order valence-electron chi connectivity index (χ1n) is 6.05. The Bertz CT molecular complexity index is 624. The molecule has 0 radical (unpaired) electrons. The van der Waals surface area contributed by atoms with Crippen LogP contribution in [-0.2, 0) is 4.79 Å². The number of para-hydroxylation sites is 2. The Labute approximate surface area is 110 Å². The normalized spacial score (nSPS) is 14.5. The largest absolute Gasteiger partial charge is 0.330 e. The molecule has 4 heteroatoms. The zero-order chi connectivity index (χ0) is 13.4. The molecule has 0 saturated heterocycles. The zero-order valence-corrected chi connectivity index (χ0v) is 10.5. The predicted molar refractivity (Wildman–Crippen MR) is 73.3 cm³/mol. The van der Waals surface area contributed by atoms with E-state index in [0.29, 0.717) is 0 Å². The van der Waals surface area contributed by atoms with E-state index in [1.54, 1.807) is 24.1 Å². The van der Waals surface area contributed by atoms with Crippen molar-refractivity contribution in [1.29, 1.82) is 0 Å². The van der Waals surface area contributed by atoms with E-state index in [-0.39, 0.29) is 18.3 Å². The number of hydrogen-bond acceptors (Lipinski definition) is 2. The summed E-state index contributed by atoms with van der Waals surface area (Å²) in [4.78, 5) is 15.6. The van der Waals surface area contributed by atoms with Gasteiger partial charge in [-0.2, -0.15) is 0 Å². The summed E-state index contributed by atoms with van der Waals surface area (Å²) in [5.41, 5.74) is 2.63. The van der Waals surface area contributed by atoms with Crippen molar-refractivity contribution in [2.45, 2.75) is 0 Å². The van der Waals surface area contributed by atoms with Gasteiger partial charge in [0.15, 0.2) is 0 Å². The lowest BCUT2D eigenvalue weighted by Gasteiger charge is -2.35. The Morgan fingerprint density at radius 1 is 1.00 bits per heavy atom. The van der Waals surface area contributed by atoms with Crippen LogP contribution in [0.2, 0.25) is 0 Å². The summed E-state index contributed by atoms with van der Waals surface area (Å²) < 4.78 is 13.0. The van der Waals surface area contributed by atoms with Crippen LogP contribution < -0.4 is 9.80 Å². The fourth-order valence-electron chi connectivity index (χ4n) is 2.29. The van der Waals surface area contributed by atoms with Gasteiger partial charge in [0.1, 0.15) is 12.4 Å². The van der Waals surface area contributed by atoms with Crippen LogP contribution in [0.5, 0.6) is 0 Å². The molecule has 0 unspecified atom stereocenters. The average molecular weight is 256 g/mol. The van der Waals surface area contributed by atoms with Gasteiger partial charge in [-0.15, -0.1) is 0 Å². The van der Waals surface area contributed by atoms with Gasteiger partial charge in [-0.3, -0.25) is 4.79 Å². The molecule has 0 fully saturated rings. The second kappa shape index (κ2) is 4.39. The van der Waals surface area contributed by atoms with Gasteiger partial charge in [-0.1, -0.05) is 12.1 Å². The lowest BCUT2D eigenvalue weighted by molar-refractivity contribution is -0.117. The smallest absolute Gasteiger partial charge is 0.246 e. The van der Waals surface area contributed by atoms with Gasteiger partial charge in [-0.05, 0) is 36.4 Å². The highest BCUT2D eigenvalue weighted by Gasteiger charge is 2.27. The summed E-state index contributed by atoms with van der Waals surface area (Å²) >= 11 is 0. The SMILES string of the molecule is CN1C(=O)CN(c2ccc(F)cc2)c2ccccc21. The van der Waals surface area contributed by atoms with E-state index in [4.69, 9.17) is 0 Å². The first kappa shape index (κ1) is 11.7. The third-order valence-electron chi connectivity index (χ3n) is 3.34. The molecule has 1 amide bonds. The molecule has 0 atom stereocenters. The number of anilines is 3. The van der Waals surface area contributed by atoms with Crippen molar-refractivity contribution >= 4 is 23.0 Å². The van der Waals surface area contributed by atoms with Crippen molar-refractivity contribution in [3.05, 3.63) is 54.3 Å². The molecule has 3 nitrogen and oxygen atoms in total. The number of likely N-dealkylation sites (N-methyl/N-ethyl adjacent to an activating group) is 1. The molecule has 2 aromatic carbocycles. The van der Waals surface area contributed by atoms with Gasteiger partial charge in [0, 0.05) is 12.7 Å². The van der Waals surface area contributed by atoms with E-state index in [1.807, 2.05) is 29.2 Å². The van der Waals surface area contributed by atoms with E-state index >= 15 is 0 Å². The molecule has 0 aliphatic carbocycles. The molecule has 0 bridgehead atoms. The van der Waals surface area contributed by atoms with E-state index in [1.165, 1.54) is 12.1 Å². The number of carbonyl (C=O) groups is 1. The van der Waals surface area contributed by atoms with Crippen LogP contribution in [0.4, 0.5) is 21.5 Å².